The van der Waals surface area contributed by atoms with Crippen molar-refractivity contribution in [3.05, 3.63) is 35.9 Å². The molecular weight excluding hydrogens is 468 g/mol. The van der Waals surface area contributed by atoms with Crippen molar-refractivity contribution >= 4 is 40.8 Å². The molecule has 0 aliphatic carbocycles. The summed E-state index contributed by atoms with van der Waals surface area (Å²) >= 11 is 4.69. The lowest BCUT2D eigenvalue weighted by Crippen LogP contribution is -2.54. The number of halogens is 1. The zero-order valence-corrected chi connectivity index (χ0v) is 20.8. The SMILES string of the molecule is CCOC(=O)C(=O)Cl.CCOC(=O)C(=O)N1CCN(C(=O)OC(C)(C)C)CC1c1ccccc1. The van der Waals surface area contributed by atoms with Crippen LogP contribution >= 0.6 is 11.6 Å². The Hall–Kier alpha value is -3.14. The molecule has 0 aromatic heterocycles. The number of amides is 2. The summed E-state index contributed by atoms with van der Waals surface area (Å²) < 4.78 is 14.5. The molecule has 1 saturated heterocycles. The zero-order chi connectivity index (χ0) is 25.9. The highest BCUT2D eigenvalue weighted by Gasteiger charge is 2.37. The van der Waals surface area contributed by atoms with Gasteiger partial charge in [0, 0.05) is 19.6 Å². The molecule has 1 aromatic carbocycles. The van der Waals surface area contributed by atoms with Crippen molar-refractivity contribution < 1.29 is 38.2 Å². The maximum atomic E-state index is 12.5. The van der Waals surface area contributed by atoms with Gasteiger partial charge in [0.1, 0.15) is 5.60 Å². The van der Waals surface area contributed by atoms with Crippen molar-refractivity contribution in [2.24, 2.45) is 0 Å². The summed E-state index contributed by atoms with van der Waals surface area (Å²) in [6.45, 7) is 9.76. The fourth-order valence-corrected chi connectivity index (χ4v) is 3.03. The Morgan fingerprint density at radius 3 is 1.97 bits per heavy atom. The molecule has 0 radical (unpaired) electrons. The monoisotopic (exact) mass is 498 g/mol. The summed E-state index contributed by atoms with van der Waals surface area (Å²) in [5, 5.41) is -1.08. The van der Waals surface area contributed by atoms with Crippen molar-refractivity contribution in [3.8, 4) is 0 Å². The highest BCUT2D eigenvalue weighted by molar-refractivity contribution is 6.80. The van der Waals surface area contributed by atoms with Crippen molar-refractivity contribution in [1.29, 1.82) is 0 Å². The number of carbonyl (C=O) groups excluding carboxylic acids is 5. The molecule has 34 heavy (non-hydrogen) atoms. The lowest BCUT2D eigenvalue weighted by molar-refractivity contribution is -0.162. The molecule has 1 heterocycles. The van der Waals surface area contributed by atoms with Crippen LogP contribution in [0.2, 0.25) is 0 Å². The first-order valence-electron chi connectivity index (χ1n) is 10.8. The Morgan fingerprint density at radius 1 is 0.941 bits per heavy atom. The quantitative estimate of drug-likeness (QED) is 0.269. The second kappa shape index (κ2) is 13.5. The van der Waals surface area contributed by atoms with E-state index in [1.807, 2.05) is 30.3 Å². The molecule has 1 atom stereocenters. The van der Waals surface area contributed by atoms with Crippen LogP contribution < -0.4 is 0 Å². The van der Waals surface area contributed by atoms with Crippen molar-refractivity contribution in [1.82, 2.24) is 9.80 Å². The van der Waals surface area contributed by atoms with Gasteiger partial charge in [0.05, 0.1) is 19.3 Å². The highest BCUT2D eigenvalue weighted by atomic mass is 35.5. The first-order valence-corrected chi connectivity index (χ1v) is 11.2. The Labute approximate surface area is 204 Å². The van der Waals surface area contributed by atoms with Gasteiger partial charge in [0.2, 0.25) is 0 Å². The third-order valence-corrected chi connectivity index (χ3v) is 4.52. The second-order valence-corrected chi connectivity index (χ2v) is 8.41. The predicted octanol–water partition coefficient (Wildman–Crippen LogP) is 2.69. The van der Waals surface area contributed by atoms with Gasteiger partial charge in [-0.3, -0.25) is 9.59 Å². The minimum atomic E-state index is -1.08. The van der Waals surface area contributed by atoms with Crippen molar-refractivity contribution in [3.63, 3.8) is 0 Å². The third-order valence-electron chi connectivity index (χ3n) is 4.36. The molecule has 0 bridgehead atoms. The number of hydrogen-bond acceptors (Lipinski definition) is 8. The summed E-state index contributed by atoms with van der Waals surface area (Å²) in [5.41, 5.74) is 0.246. The van der Waals surface area contributed by atoms with E-state index >= 15 is 0 Å². The molecule has 0 spiro atoms. The van der Waals surface area contributed by atoms with E-state index in [2.05, 4.69) is 4.74 Å². The van der Waals surface area contributed by atoms with E-state index in [0.29, 0.717) is 6.54 Å². The number of nitrogens with zero attached hydrogens (tertiary/aromatic N) is 2. The minimum absolute atomic E-state index is 0.137. The van der Waals surface area contributed by atoms with E-state index in [4.69, 9.17) is 21.1 Å². The first kappa shape index (κ1) is 28.9. The summed E-state index contributed by atoms with van der Waals surface area (Å²) in [6, 6.07) is 8.89. The topological polar surface area (TPSA) is 120 Å². The van der Waals surface area contributed by atoms with Gasteiger partial charge in [-0.1, -0.05) is 30.3 Å². The number of piperazine rings is 1. The Bertz CT molecular complexity index is 869. The first-order chi connectivity index (χ1) is 15.9. The standard InChI is InChI=1S/C19H26N2O5.C4H5ClO3/c1-5-25-17(23)16(22)21-12-11-20(18(24)26-19(2,3)4)13-15(21)14-9-7-6-8-10-14;1-2-8-4(7)3(5)6/h6-10,15H,5,11-13H2,1-4H3;2H2,1H3. The predicted molar refractivity (Wildman–Crippen MR) is 123 cm³/mol. The van der Waals surface area contributed by atoms with Gasteiger partial charge in [0.25, 0.3) is 0 Å². The van der Waals surface area contributed by atoms with Crippen LogP contribution in [-0.2, 0) is 33.4 Å². The van der Waals surface area contributed by atoms with Crippen LogP contribution in [0, 0.1) is 0 Å². The molecule has 2 rings (SSSR count). The second-order valence-electron chi connectivity index (χ2n) is 8.07. The molecule has 1 aliphatic rings. The highest BCUT2D eigenvalue weighted by Crippen LogP contribution is 2.27. The average molecular weight is 499 g/mol. The van der Waals surface area contributed by atoms with Crippen molar-refractivity contribution in [2.45, 2.75) is 46.3 Å². The van der Waals surface area contributed by atoms with Gasteiger partial charge in [-0.25, -0.2) is 14.4 Å². The third kappa shape index (κ3) is 9.38. The van der Waals surface area contributed by atoms with E-state index in [9.17, 15) is 24.0 Å². The lowest BCUT2D eigenvalue weighted by Gasteiger charge is -2.41. The fraction of sp³-hybridized carbons (Fsp3) is 0.522. The molecule has 11 heteroatoms. The maximum absolute atomic E-state index is 12.5. The van der Waals surface area contributed by atoms with Gasteiger partial charge < -0.3 is 24.0 Å². The van der Waals surface area contributed by atoms with Crippen LogP contribution in [0.25, 0.3) is 0 Å². The van der Waals surface area contributed by atoms with E-state index in [-0.39, 0.29) is 26.3 Å². The van der Waals surface area contributed by atoms with E-state index < -0.39 is 40.8 Å². The van der Waals surface area contributed by atoms with Gasteiger partial charge in [-0.15, -0.1) is 0 Å². The number of benzene rings is 1. The number of ether oxygens (including phenoxy) is 3. The average Bonchev–Trinajstić information content (AvgIpc) is 2.78. The number of esters is 2. The van der Waals surface area contributed by atoms with Crippen molar-refractivity contribution in [2.75, 3.05) is 32.8 Å². The van der Waals surface area contributed by atoms with Gasteiger partial charge in [-0.2, -0.15) is 0 Å². The van der Waals surface area contributed by atoms with Crippen LogP contribution in [0.3, 0.4) is 0 Å². The van der Waals surface area contributed by atoms with E-state index in [1.54, 1.807) is 39.5 Å². The van der Waals surface area contributed by atoms with Crippen LogP contribution in [0.4, 0.5) is 4.79 Å². The number of carbonyl (C=O) groups is 5. The zero-order valence-electron chi connectivity index (χ0n) is 20.0. The fourth-order valence-electron chi connectivity index (χ4n) is 2.98. The molecule has 10 nitrogen and oxygen atoms in total. The van der Waals surface area contributed by atoms with Crippen LogP contribution in [0.5, 0.6) is 0 Å². The Kier molecular flexibility index (Phi) is 11.5. The summed E-state index contributed by atoms with van der Waals surface area (Å²) in [4.78, 5) is 59.7. The number of rotatable bonds is 4. The molecule has 2 amide bonds. The molecule has 1 aliphatic heterocycles. The van der Waals surface area contributed by atoms with Gasteiger partial charge >= 0.3 is 29.2 Å². The van der Waals surface area contributed by atoms with Gasteiger partial charge in [0.15, 0.2) is 0 Å². The lowest BCUT2D eigenvalue weighted by atomic mass is 10.0. The molecule has 188 valence electrons. The molecule has 0 saturated carbocycles. The summed E-state index contributed by atoms with van der Waals surface area (Å²) in [6.07, 6.45) is -0.429. The maximum Gasteiger partial charge on any atom is 0.410 e. The molecular formula is C23H31ClN2O8. The molecule has 1 aromatic rings. The molecule has 1 unspecified atom stereocenters. The van der Waals surface area contributed by atoms with Gasteiger partial charge in [-0.05, 0) is 51.8 Å². The van der Waals surface area contributed by atoms with Crippen LogP contribution in [0.1, 0.15) is 46.2 Å². The molecule has 1 fully saturated rings. The largest absolute Gasteiger partial charge is 0.459 e. The number of hydrogen-bond donors (Lipinski definition) is 0. The Balaban J connectivity index is 0.000000620. The summed E-state index contributed by atoms with van der Waals surface area (Å²) in [5.74, 6) is -2.56. The normalized spacial score (nSPS) is 15.4. The Morgan fingerprint density at radius 2 is 1.50 bits per heavy atom. The minimum Gasteiger partial charge on any atom is -0.459 e. The van der Waals surface area contributed by atoms with Crippen LogP contribution in [0.15, 0.2) is 30.3 Å². The van der Waals surface area contributed by atoms with Crippen LogP contribution in [-0.4, -0.2) is 77.4 Å². The van der Waals surface area contributed by atoms with E-state index in [0.717, 1.165) is 5.56 Å². The smallest absolute Gasteiger partial charge is 0.410 e. The van der Waals surface area contributed by atoms with E-state index in [1.165, 1.54) is 4.90 Å². The molecule has 0 N–H and O–H groups in total. The summed E-state index contributed by atoms with van der Waals surface area (Å²) in [7, 11) is 0.